The van der Waals surface area contributed by atoms with Gasteiger partial charge in [0, 0.05) is 32.1 Å². The molecule has 0 bridgehead atoms. The molecule has 1 aromatic heterocycles. The zero-order chi connectivity index (χ0) is 20.2. The third-order valence-corrected chi connectivity index (χ3v) is 7.44. The molecule has 1 saturated heterocycles. The first-order valence-electron chi connectivity index (χ1n) is 11.1. The second kappa shape index (κ2) is 9.54. The Labute approximate surface area is 178 Å². The molecular weight excluding hydrogens is 382 g/mol. The number of carbonyl (C=O) groups is 1. The Kier molecular flexibility index (Phi) is 6.83. The number of hydrogen-bond donors (Lipinski definition) is 0. The first kappa shape index (κ1) is 20.8. The standard InChI is InChI=1S/C23H33N3O2S/c1-17-15-20-21(16-18(17)2)29-23(24-20)26(22(27)19-7-4-3-5-8-19)10-6-9-25-11-13-28-14-12-25/h15-16,19H,3-14H2,1-2H3. The molecule has 2 aliphatic rings. The molecule has 6 heteroatoms. The fourth-order valence-electron chi connectivity index (χ4n) is 4.43. The van der Waals surface area contributed by atoms with Gasteiger partial charge >= 0.3 is 0 Å². The fourth-order valence-corrected chi connectivity index (χ4v) is 5.51. The molecule has 158 valence electrons. The highest BCUT2D eigenvalue weighted by molar-refractivity contribution is 7.22. The van der Waals surface area contributed by atoms with Crippen molar-refractivity contribution in [1.82, 2.24) is 9.88 Å². The van der Waals surface area contributed by atoms with E-state index in [1.54, 1.807) is 11.3 Å². The number of benzene rings is 1. The SMILES string of the molecule is Cc1cc2nc(N(CCCN3CCOCC3)C(=O)C3CCCCC3)sc2cc1C. The summed E-state index contributed by atoms with van der Waals surface area (Å²) in [5.41, 5.74) is 3.56. The van der Waals surface area contributed by atoms with Crippen LogP contribution in [-0.2, 0) is 9.53 Å². The van der Waals surface area contributed by atoms with Crippen LogP contribution in [0.2, 0.25) is 0 Å². The van der Waals surface area contributed by atoms with E-state index < -0.39 is 0 Å². The van der Waals surface area contributed by atoms with Gasteiger partial charge in [-0.15, -0.1) is 0 Å². The summed E-state index contributed by atoms with van der Waals surface area (Å²) < 4.78 is 6.63. The molecule has 1 aliphatic carbocycles. The molecule has 0 N–H and O–H groups in total. The molecule has 2 heterocycles. The van der Waals surface area contributed by atoms with Gasteiger partial charge in [0.1, 0.15) is 0 Å². The monoisotopic (exact) mass is 415 g/mol. The summed E-state index contributed by atoms with van der Waals surface area (Å²) in [7, 11) is 0. The van der Waals surface area contributed by atoms with Crippen LogP contribution in [0.1, 0.15) is 49.7 Å². The molecule has 1 amide bonds. The van der Waals surface area contributed by atoms with Crippen LogP contribution in [0.3, 0.4) is 0 Å². The van der Waals surface area contributed by atoms with Gasteiger partial charge in [0.15, 0.2) is 5.13 Å². The first-order valence-corrected chi connectivity index (χ1v) is 11.9. The highest BCUT2D eigenvalue weighted by atomic mass is 32.1. The Hall–Kier alpha value is -1.50. The summed E-state index contributed by atoms with van der Waals surface area (Å²) in [6.45, 7) is 9.67. The van der Waals surface area contributed by atoms with Crippen molar-refractivity contribution in [2.24, 2.45) is 5.92 Å². The van der Waals surface area contributed by atoms with E-state index in [1.165, 1.54) is 35.1 Å². The Balaban J connectivity index is 1.52. The minimum absolute atomic E-state index is 0.169. The van der Waals surface area contributed by atoms with Crippen molar-refractivity contribution in [1.29, 1.82) is 0 Å². The molecule has 0 spiro atoms. The molecule has 0 radical (unpaired) electrons. The van der Waals surface area contributed by atoms with Crippen molar-refractivity contribution in [3.05, 3.63) is 23.3 Å². The number of amides is 1. The number of fused-ring (bicyclic) bond motifs is 1. The average molecular weight is 416 g/mol. The van der Waals surface area contributed by atoms with E-state index in [-0.39, 0.29) is 5.92 Å². The van der Waals surface area contributed by atoms with Crippen LogP contribution in [0.15, 0.2) is 12.1 Å². The molecule has 1 saturated carbocycles. The number of ether oxygens (including phenoxy) is 1. The number of carbonyl (C=O) groups excluding carboxylic acids is 1. The first-order chi connectivity index (χ1) is 14.1. The third-order valence-electron chi connectivity index (χ3n) is 6.40. The second-order valence-corrected chi connectivity index (χ2v) is 9.54. The van der Waals surface area contributed by atoms with Gasteiger partial charge in [0.25, 0.3) is 0 Å². The zero-order valence-corrected chi connectivity index (χ0v) is 18.6. The Morgan fingerprint density at radius 3 is 2.66 bits per heavy atom. The number of hydrogen-bond acceptors (Lipinski definition) is 5. The number of aryl methyl sites for hydroxylation is 2. The van der Waals surface area contributed by atoms with Crippen molar-refractivity contribution in [2.45, 2.75) is 52.4 Å². The van der Waals surface area contributed by atoms with E-state index in [0.717, 1.165) is 69.3 Å². The van der Waals surface area contributed by atoms with Gasteiger partial charge in [-0.25, -0.2) is 4.98 Å². The zero-order valence-electron chi connectivity index (χ0n) is 17.8. The number of morpholine rings is 1. The second-order valence-electron chi connectivity index (χ2n) is 8.53. The van der Waals surface area contributed by atoms with Crippen molar-refractivity contribution >= 4 is 32.6 Å². The van der Waals surface area contributed by atoms with Crippen molar-refractivity contribution < 1.29 is 9.53 Å². The smallest absolute Gasteiger partial charge is 0.231 e. The maximum absolute atomic E-state index is 13.5. The van der Waals surface area contributed by atoms with Crippen LogP contribution in [0.4, 0.5) is 5.13 Å². The highest BCUT2D eigenvalue weighted by Gasteiger charge is 2.28. The summed E-state index contributed by atoms with van der Waals surface area (Å²) in [6.07, 6.45) is 6.66. The van der Waals surface area contributed by atoms with Gasteiger partial charge in [-0.3, -0.25) is 14.6 Å². The molecule has 4 rings (SSSR count). The van der Waals surface area contributed by atoms with Crippen molar-refractivity contribution in [3.8, 4) is 0 Å². The van der Waals surface area contributed by atoms with E-state index in [1.807, 2.05) is 4.90 Å². The minimum atomic E-state index is 0.169. The van der Waals surface area contributed by atoms with E-state index >= 15 is 0 Å². The predicted octanol–water partition coefficient (Wildman–Crippen LogP) is 4.55. The highest BCUT2D eigenvalue weighted by Crippen LogP contribution is 2.33. The van der Waals surface area contributed by atoms with Gasteiger partial charge in [-0.05, 0) is 56.4 Å². The third kappa shape index (κ3) is 4.98. The summed E-state index contributed by atoms with van der Waals surface area (Å²) in [5.74, 6) is 0.460. The quantitative estimate of drug-likeness (QED) is 0.694. The van der Waals surface area contributed by atoms with E-state index in [4.69, 9.17) is 9.72 Å². The van der Waals surface area contributed by atoms with E-state index in [2.05, 4.69) is 30.9 Å². The fraction of sp³-hybridized carbons (Fsp3) is 0.652. The summed E-state index contributed by atoms with van der Waals surface area (Å²) in [6, 6.07) is 4.37. The van der Waals surface area contributed by atoms with Crippen LogP contribution in [0, 0.1) is 19.8 Å². The van der Waals surface area contributed by atoms with Gasteiger partial charge in [-0.1, -0.05) is 30.6 Å². The molecule has 0 unspecified atom stereocenters. The lowest BCUT2D eigenvalue weighted by Crippen LogP contribution is -2.41. The number of rotatable bonds is 6. The predicted molar refractivity (Wildman–Crippen MR) is 120 cm³/mol. The largest absolute Gasteiger partial charge is 0.379 e. The number of nitrogens with zero attached hydrogens (tertiary/aromatic N) is 3. The average Bonchev–Trinajstić information content (AvgIpc) is 3.14. The maximum Gasteiger partial charge on any atom is 0.231 e. The molecule has 2 aromatic rings. The lowest BCUT2D eigenvalue weighted by atomic mass is 9.88. The number of aromatic nitrogens is 1. The summed E-state index contributed by atoms with van der Waals surface area (Å²) >= 11 is 1.67. The van der Waals surface area contributed by atoms with E-state index in [0.29, 0.717) is 5.91 Å². The molecule has 1 aliphatic heterocycles. The van der Waals surface area contributed by atoms with Crippen molar-refractivity contribution in [3.63, 3.8) is 0 Å². The molecule has 29 heavy (non-hydrogen) atoms. The molecule has 5 nitrogen and oxygen atoms in total. The maximum atomic E-state index is 13.5. The topological polar surface area (TPSA) is 45.7 Å². The van der Waals surface area contributed by atoms with E-state index in [9.17, 15) is 4.79 Å². The molecule has 2 fully saturated rings. The number of anilines is 1. The number of thiazole rings is 1. The van der Waals surface area contributed by atoms with Crippen LogP contribution in [0.25, 0.3) is 10.2 Å². The van der Waals surface area contributed by atoms with Gasteiger partial charge in [0.05, 0.1) is 23.4 Å². The van der Waals surface area contributed by atoms with Crippen LogP contribution in [0.5, 0.6) is 0 Å². The lowest BCUT2D eigenvalue weighted by Gasteiger charge is -2.30. The van der Waals surface area contributed by atoms with Crippen LogP contribution >= 0.6 is 11.3 Å². The molecular formula is C23H33N3O2S. The van der Waals surface area contributed by atoms with Crippen LogP contribution < -0.4 is 4.90 Å². The van der Waals surface area contributed by atoms with Gasteiger partial charge < -0.3 is 4.74 Å². The van der Waals surface area contributed by atoms with Crippen LogP contribution in [-0.4, -0.2) is 55.2 Å². The van der Waals surface area contributed by atoms with Crippen molar-refractivity contribution in [2.75, 3.05) is 44.3 Å². The van der Waals surface area contributed by atoms with Gasteiger partial charge in [0.2, 0.25) is 5.91 Å². The van der Waals surface area contributed by atoms with Gasteiger partial charge in [-0.2, -0.15) is 0 Å². The normalized spacial score (nSPS) is 19.0. The lowest BCUT2D eigenvalue weighted by molar-refractivity contribution is -0.123. The summed E-state index contributed by atoms with van der Waals surface area (Å²) in [4.78, 5) is 22.8. The Bertz CT molecular complexity index is 799. The Morgan fingerprint density at radius 1 is 1.17 bits per heavy atom. The molecule has 1 aromatic carbocycles. The molecule has 0 atom stereocenters. The summed E-state index contributed by atoms with van der Waals surface area (Å²) in [5, 5.41) is 0.877. The Morgan fingerprint density at radius 2 is 1.90 bits per heavy atom. The minimum Gasteiger partial charge on any atom is -0.379 e.